The Hall–Kier alpha value is -2.14. The van der Waals surface area contributed by atoms with Gasteiger partial charge in [-0.25, -0.2) is 9.97 Å². The molecule has 0 radical (unpaired) electrons. The van der Waals surface area contributed by atoms with Crippen LogP contribution in [0, 0.1) is 0 Å². The summed E-state index contributed by atoms with van der Waals surface area (Å²) in [5.74, 6) is 1.18. The summed E-state index contributed by atoms with van der Waals surface area (Å²) in [7, 11) is 0. The van der Waals surface area contributed by atoms with Crippen LogP contribution in [0.2, 0.25) is 5.28 Å². The monoisotopic (exact) mass is 276 g/mol. The molecule has 0 amide bonds. The highest BCUT2D eigenvalue weighted by Crippen LogP contribution is 2.32. The number of benzene rings is 1. The molecule has 19 heavy (non-hydrogen) atoms. The van der Waals surface area contributed by atoms with Crippen molar-refractivity contribution in [2.45, 2.75) is 6.42 Å². The third-order valence-corrected chi connectivity index (χ3v) is 2.90. The second kappa shape index (κ2) is 4.85. The van der Waals surface area contributed by atoms with Gasteiger partial charge in [0.1, 0.15) is 0 Å². The second-order valence-corrected chi connectivity index (χ2v) is 4.32. The molecule has 2 aromatic rings. The van der Waals surface area contributed by atoms with Crippen LogP contribution in [0.4, 0.5) is 0 Å². The number of aromatic nitrogens is 2. The molecule has 0 aliphatic carbocycles. The fourth-order valence-corrected chi connectivity index (χ4v) is 1.97. The summed E-state index contributed by atoms with van der Waals surface area (Å²) in [4.78, 5) is 19.9. The van der Waals surface area contributed by atoms with Crippen molar-refractivity contribution in [2.75, 3.05) is 6.79 Å². The Morgan fingerprint density at radius 1 is 1.26 bits per heavy atom. The van der Waals surface area contributed by atoms with Crippen molar-refractivity contribution in [1.29, 1.82) is 0 Å². The quantitative estimate of drug-likeness (QED) is 0.636. The second-order valence-electron chi connectivity index (χ2n) is 3.99. The minimum absolute atomic E-state index is 0.0620. The summed E-state index contributed by atoms with van der Waals surface area (Å²) in [5, 5.41) is 0.135. The van der Waals surface area contributed by atoms with Gasteiger partial charge < -0.3 is 9.47 Å². The Bertz CT molecular complexity index is 646. The lowest BCUT2D eigenvalue weighted by atomic mass is 10.1. The molecular weight excluding hydrogens is 268 g/mol. The number of nitrogens with zero attached hydrogens (tertiary/aromatic N) is 2. The molecule has 1 aliphatic heterocycles. The first-order valence-electron chi connectivity index (χ1n) is 5.62. The Labute approximate surface area is 114 Å². The van der Waals surface area contributed by atoms with E-state index in [1.165, 1.54) is 6.20 Å². The molecule has 0 bridgehead atoms. The lowest BCUT2D eigenvalue weighted by Crippen LogP contribution is -2.05. The first kappa shape index (κ1) is 11.9. The van der Waals surface area contributed by atoms with Crippen LogP contribution in [0.15, 0.2) is 30.5 Å². The fourth-order valence-electron chi connectivity index (χ4n) is 1.80. The minimum Gasteiger partial charge on any atom is -0.454 e. The van der Waals surface area contributed by atoms with Crippen LogP contribution in [0.25, 0.3) is 0 Å². The van der Waals surface area contributed by atoms with Gasteiger partial charge in [-0.2, -0.15) is 0 Å². The molecule has 6 heteroatoms. The molecule has 0 saturated heterocycles. The Kier molecular flexibility index (Phi) is 3.05. The van der Waals surface area contributed by atoms with Crippen molar-refractivity contribution >= 4 is 17.4 Å². The number of Topliss-reactive ketones (excluding diaryl/α,β-unsaturated/α-hetero) is 1. The van der Waals surface area contributed by atoms with Gasteiger partial charge in [0.05, 0.1) is 12.1 Å². The van der Waals surface area contributed by atoms with Gasteiger partial charge >= 0.3 is 0 Å². The topological polar surface area (TPSA) is 61.3 Å². The Balaban J connectivity index is 1.81. The van der Waals surface area contributed by atoms with Crippen LogP contribution in [-0.4, -0.2) is 22.5 Å². The maximum absolute atomic E-state index is 12.1. The van der Waals surface area contributed by atoms with Gasteiger partial charge in [-0.3, -0.25) is 4.79 Å². The van der Waals surface area contributed by atoms with E-state index in [9.17, 15) is 4.79 Å². The van der Waals surface area contributed by atoms with Crippen molar-refractivity contribution in [3.8, 4) is 11.5 Å². The summed E-state index contributed by atoms with van der Waals surface area (Å²) in [6.07, 6.45) is 1.69. The normalized spacial score (nSPS) is 12.5. The SMILES string of the molecule is O=C(Cc1ccnc(Cl)n1)c1ccc2c(c1)OCO2. The maximum Gasteiger partial charge on any atom is 0.231 e. The molecule has 2 heterocycles. The van der Waals surface area contributed by atoms with Gasteiger partial charge in [0.15, 0.2) is 17.3 Å². The molecule has 96 valence electrons. The number of ketones is 1. The number of halogens is 1. The minimum atomic E-state index is -0.0620. The number of rotatable bonds is 3. The number of fused-ring (bicyclic) bond motifs is 1. The van der Waals surface area contributed by atoms with Crippen molar-refractivity contribution in [3.63, 3.8) is 0 Å². The van der Waals surface area contributed by atoms with Crippen molar-refractivity contribution in [1.82, 2.24) is 9.97 Å². The molecule has 0 unspecified atom stereocenters. The van der Waals surface area contributed by atoms with Gasteiger partial charge in [0.25, 0.3) is 0 Å². The third kappa shape index (κ3) is 2.51. The summed E-state index contributed by atoms with van der Waals surface area (Å²) in [6.45, 7) is 0.189. The Morgan fingerprint density at radius 3 is 2.95 bits per heavy atom. The summed E-state index contributed by atoms with van der Waals surface area (Å²) in [6, 6.07) is 6.77. The average molecular weight is 277 g/mol. The molecule has 1 aromatic heterocycles. The average Bonchev–Trinajstić information content (AvgIpc) is 2.85. The van der Waals surface area contributed by atoms with Crippen molar-refractivity contribution in [2.24, 2.45) is 0 Å². The molecule has 1 aliphatic rings. The van der Waals surface area contributed by atoms with E-state index in [2.05, 4.69) is 9.97 Å². The van der Waals surface area contributed by atoms with E-state index in [1.807, 2.05) is 0 Å². The number of hydrogen-bond donors (Lipinski definition) is 0. The summed E-state index contributed by atoms with van der Waals surface area (Å²) in [5.41, 5.74) is 1.14. The van der Waals surface area contributed by atoms with Crippen LogP contribution in [0.3, 0.4) is 0 Å². The molecule has 0 saturated carbocycles. The first-order valence-corrected chi connectivity index (χ1v) is 6.00. The predicted molar refractivity (Wildman–Crippen MR) is 67.6 cm³/mol. The zero-order valence-electron chi connectivity index (χ0n) is 9.80. The molecular formula is C13H9ClN2O3. The van der Waals surface area contributed by atoms with Crippen LogP contribution < -0.4 is 9.47 Å². The van der Waals surface area contributed by atoms with E-state index in [4.69, 9.17) is 21.1 Å². The van der Waals surface area contributed by atoms with Crippen molar-refractivity contribution in [3.05, 3.63) is 47.0 Å². The van der Waals surface area contributed by atoms with E-state index >= 15 is 0 Å². The lowest BCUT2D eigenvalue weighted by Gasteiger charge is -2.02. The smallest absolute Gasteiger partial charge is 0.231 e. The molecule has 0 atom stereocenters. The highest BCUT2D eigenvalue weighted by atomic mass is 35.5. The fraction of sp³-hybridized carbons (Fsp3) is 0.154. The number of ether oxygens (including phenoxy) is 2. The lowest BCUT2D eigenvalue weighted by molar-refractivity contribution is 0.0991. The summed E-state index contributed by atoms with van der Waals surface area (Å²) >= 11 is 5.68. The van der Waals surface area contributed by atoms with E-state index in [0.717, 1.165) is 0 Å². The maximum atomic E-state index is 12.1. The standard InChI is InChI=1S/C13H9ClN2O3/c14-13-15-4-3-9(16-13)6-10(17)8-1-2-11-12(5-8)19-7-18-11/h1-5H,6-7H2. The summed E-state index contributed by atoms with van der Waals surface area (Å²) < 4.78 is 10.4. The molecule has 5 nitrogen and oxygen atoms in total. The number of hydrogen-bond acceptors (Lipinski definition) is 5. The van der Waals surface area contributed by atoms with Gasteiger partial charge in [0, 0.05) is 11.8 Å². The highest BCUT2D eigenvalue weighted by Gasteiger charge is 2.16. The highest BCUT2D eigenvalue weighted by molar-refractivity contribution is 6.28. The van der Waals surface area contributed by atoms with E-state index in [0.29, 0.717) is 22.8 Å². The van der Waals surface area contributed by atoms with E-state index in [-0.39, 0.29) is 24.3 Å². The zero-order chi connectivity index (χ0) is 13.2. The van der Waals surface area contributed by atoms with E-state index in [1.54, 1.807) is 24.3 Å². The van der Waals surface area contributed by atoms with Gasteiger partial charge in [-0.15, -0.1) is 0 Å². The molecule has 1 aromatic carbocycles. The third-order valence-electron chi connectivity index (χ3n) is 2.72. The van der Waals surface area contributed by atoms with Crippen LogP contribution >= 0.6 is 11.6 Å². The molecule has 3 rings (SSSR count). The molecule has 0 N–H and O–H groups in total. The molecule has 0 spiro atoms. The van der Waals surface area contributed by atoms with E-state index < -0.39 is 0 Å². The van der Waals surface area contributed by atoms with Gasteiger partial charge in [-0.1, -0.05) is 0 Å². The number of carbonyl (C=O) groups is 1. The predicted octanol–water partition coefficient (Wildman–Crippen LogP) is 2.28. The largest absolute Gasteiger partial charge is 0.454 e. The zero-order valence-corrected chi connectivity index (χ0v) is 10.6. The van der Waals surface area contributed by atoms with Gasteiger partial charge in [-0.05, 0) is 35.9 Å². The van der Waals surface area contributed by atoms with Gasteiger partial charge in [0.2, 0.25) is 12.1 Å². The first-order chi connectivity index (χ1) is 9.22. The van der Waals surface area contributed by atoms with Crippen LogP contribution in [-0.2, 0) is 6.42 Å². The number of carbonyl (C=O) groups excluding carboxylic acids is 1. The van der Waals surface area contributed by atoms with Crippen molar-refractivity contribution < 1.29 is 14.3 Å². The Morgan fingerprint density at radius 2 is 2.11 bits per heavy atom. The van der Waals surface area contributed by atoms with Crippen LogP contribution in [0.1, 0.15) is 16.1 Å². The van der Waals surface area contributed by atoms with Crippen LogP contribution in [0.5, 0.6) is 11.5 Å². The molecule has 0 fully saturated rings.